The van der Waals surface area contributed by atoms with Crippen molar-refractivity contribution in [3.8, 4) is 11.3 Å². The standard InChI is InChI=1S/C17H20N6O2/c18-13-3-1-12(2-4-13)14-15-16(23(5-8-24)11-19-15)21-17(20-14)22-6-9-25-10-7-22/h1-4,11,24H,5-10,18H2. The van der Waals surface area contributed by atoms with E-state index in [0.717, 1.165) is 35.5 Å². The third-order valence-corrected chi connectivity index (χ3v) is 4.27. The molecule has 1 aromatic carbocycles. The minimum absolute atomic E-state index is 0.0273. The van der Waals surface area contributed by atoms with Crippen molar-refractivity contribution in [1.82, 2.24) is 19.5 Å². The topological polar surface area (TPSA) is 102 Å². The van der Waals surface area contributed by atoms with Gasteiger partial charge in [-0.1, -0.05) is 12.1 Å². The molecule has 3 aromatic rings. The van der Waals surface area contributed by atoms with Gasteiger partial charge in [0.15, 0.2) is 5.65 Å². The van der Waals surface area contributed by atoms with E-state index in [2.05, 4.69) is 9.88 Å². The molecule has 0 amide bonds. The zero-order valence-corrected chi connectivity index (χ0v) is 13.8. The number of rotatable bonds is 4. The summed E-state index contributed by atoms with van der Waals surface area (Å²) in [6.07, 6.45) is 1.69. The summed E-state index contributed by atoms with van der Waals surface area (Å²) in [6.45, 7) is 3.29. The summed E-state index contributed by atoms with van der Waals surface area (Å²) in [5.41, 5.74) is 9.65. The molecule has 0 radical (unpaired) electrons. The lowest BCUT2D eigenvalue weighted by Gasteiger charge is -2.27. The number of imidazole rings is 1. The van der Waals surface area contributed by atoms with Gasteiger partial charge in [0, 0.05) is 30.9 Å². The highest BCUT2D eigenvalue weighted by Gasteiger charge is 2.20. The molecule has 1 fully saturated rings. The van der Waals surface area contributed by atoms with Gasteiger partial charge in [-0.3, -0.25) is 0 Å². The van der Waals surface area contributed by atoms with Crippen LogP contribution < -0.4 is 10.6 Å². The zero-order chi connectivity index (χ0) is 17.2. The second kappa shape index (κ2) is 6.66. The lowest BCUT2D eigenvalue weighted by molar-refractivity contribution is 0.122. The van der Waals surface area contributed by atoms with E-state index in [9.17, 15) is 5.11 Å². The van der Waals surface area contributed by atoms with Gasteiger partial charge in [-0.25, -0.2) is 9.97 Å². The Hall–Kier alpha value is -2.71. The van der Waals surface area contributed by atoms with E-state index in [-0.39, 0.29) is 6.61 Å². The van der Waals surface area contributed by atoms with Crippen LogP contribution in [0, 0.1) is 0 Å². The predicted molar refractivity (Wildman–Crippen MR) is 95.3 cm³/mol. The van der Waals surface area contributed by atoms with Crippen LogP contribution in [-0.4, -0.2) is 57.5 Å². The number of nitrogens with zero attached hydrogens (tertiary/aromatic N) is 5. The molecule has 3 heterocycles. The van der Waals surface area contributed by atoms with Crippen molar-refractivity contribution in [2.45, 2.75) is 6.54 Å². The number of morpholine rings is 1. The zero-order valence-electron chi connectivity index (χ0n) is 13.8. The van der Waals surface area contributed by atoms with Gasteiger partial charge in [-0.2, -0.15) is 4.98 Å². The summed E-state index contributed by atoms with van der Waals surface area (Å²) in [7, 11) is 0. The fourth-order valence-electron chi connectivity index (χ4n) is 2.95. The fourth-order valence-corrected chi connectivity index (χ4v) is 2.95. The smallest absolute Gasteiger partial charge is 0.228 e. The number of aromatic nitrogens is 4. The van der Waals surface area contributed by atoms with Crippen LogP contribution in [0.15, 0.2) is 30.6 Å². The van der Waals surface area contributed by atoms with Crippen LogP contribution in [-0.2, 0) is 11.3 Å². The van der Waals surface area contributed by atoms with Gasteiger partial charge in [-0.05, 0) is 12.1 Å². The SMILES string of the molecule is Nc1ccc(-c2nc(N3CCOCC3)nc3c2ncn3CCO)cc1. The normalized spacial score (nSPS) is 15.0. The van der Waals surface area contributed by atoms with Gasteiger partial charge < -0.3 is 25.0 Å². The van der Waals surface area contributed by atoms with Crippen molar-refractivity contribution in [2.75, 3.05) is 43.5 Å². The van der Waals surface area contributed by atoms with Crippen LogP contribution in [0.5, 0.6) is 0 Å². The lowest BCUT2D eigenvalue weighted by Crippen LogP contribution is -2.37. The highest BCUT2D eigenvalue weighted by atomic mass is 16.5. The van der Waals surface area contributed by atoms with Crippen molar-refractivity contribution in [3.63, 3.8) is 0 Å². The largest absolute Gasteiger partial charge is 0.399 e. The summed E-state index contributed by atoms with van der Waals surface area (Å²) >= 11 is 0. The van der Waals surface area contributed by atoms with E-state index in [1.165, 1.54) is 0 Å². The molecule has 0 saturated carbocycles. The molecule has 8 heteroatoms. The number of aliphatic hydroxyl groups excluding tert-OH is 1. The Kier molecular flexibility index (Phi) is 4.21. The second-order valence-corrected chi connectivity index (χ2v) is 5.93. The van der Waals surface area contributed by atoms with Gasteiger partial charge in [0.2, 0.25) is 5.95 Å². The molecule has 4 rings (SSSR count). The van der Waals surface area contributed by atoms with Crippen LogP contribution in [0.25, 0.3) is 22.4 Å². The quantitative estimate of drug-likeness (QED) is 0.680. The lowest BCUT2D eigenvalue weighted by atomic mass is 10.1. The average molecular weight is 340 g/mol. The molecular formula is C17H20N6O2. The number of ether oxygens (including phenoxy) is 1. The van der Waals surface area contributed by atoms with Gasteiger partial charge in [0.25, 0.3) is 0 Å². The molecule has 0 spiro atoms. The molecule has 1 aliphatic rings. The number of hydrogen-bond acceptors (Lipinski definition) is 7. The Bertz CT molecular complexity index is 871. The third-order valence-electron chi connectivity index (χ3n) is 4.27. The molecule has 1 aliphatic heterocycles. The Morgan fingerprint density at radius 1 is 1.12 bits per heavy atom. The summed E-state index contributed by atoms with van der Waals surface area (Å²) in [5.74, 6) is 0.655. The first-order valence-electron chi connectivity index (χ1n) is 8.28. The van der Waals surface area contributed by atoms with Crippen LogP contribution in [0.3, 0.4) is 0 Å². The highest BCUT2D eigenvalue weighted by molar-refractivity contribution is 5.88. The monoisotopic (exact) mass is 340 g/mol. The van der Waals surface area contributed by atoms with Gasteiger partial charge >= 0.3 is 0 Å². The molecule has 130 valence electrons. The van der Waals surface area contributed by atoms with Crippen LogP contribution in [0.4, 0.5) is 11.6 Å². The maximum atomic E-state index is 9.30. The van der Waals surface area contributed by atoms with E-state index >= 15 is 0 Å². The molecular weight excluding hydrogens is 320 g/mol. The minimum atomic E-state index is 0.0273. The molecule has 2 aromatic heterocycles. The van der Waals surface area contributed by atoms with E-state index in [1.807, 2.05) is 28.8 Å². The van der Waals surface area contributed by atoms with E-state index in [4.69, 9.17) is 20.4 Å². The number of fused-ring (bicyclic) bond motifs is 1. The molecule has 0 aliphatic carbocycles. The molecule has 0 atom stereocenters. The molecule has 8 nitrogen and oxygen atoms in total. The molecule has 0 bridgehead atoms. The van der Waals surface area contributed by atoms with Crippen molar-refractivity contribution in [1.29, 1.82) is 0 Å². The number of anilines is 2. The fraction of sp³-hybridized carbons (Fsp3) is 0.353. The molecule has 25 heavy (non-hydrogen) atoms. The van der Waals surface area contributed by atoms with Crippen LogP contribution in [0.1, 0.15) is 0 Å². The number of nitrogens with two attached hydrogens (primary N) is 1. The van der Waals surface area contributed by atoms with Gasteiger partial charge in [0.05, 0.1) is 26.1 Å². The summed E-state index contributed by atoms with van der Waals surface area (Å²) < 4.78 is 7.27. The first-order valence-corrected chi connectivity index (χ1v) is 8.28. The summed E-state index contributed by atoms with van der Waals surface area (Å²) in [6, 6.07) is 7.57. The van der Waals surface area contributed by atoms with E-state index in [1.54, 1.807) is 6.33 Å². The van der Waals surface area contributed by atoms with Crippen LogP contribution in [0.2, 0.25) is 0 Å². The Labute approximate surface area is 144 Å². The number of hydrogen-bond donors (Lipinski definition) is 2. The van der Waals surface area contributed by atoms with Gasteiger partial charge in [0.1, 0.15) is 11.2 Å². The van der Waals surface area contributed by atoms with Crippen molar-refractivity contribution in [2.24, 2.45) is 0 Å². The Morgan fingerprint density at radius 3 is 2.60 bits per heavy atom. The molecule has 3 N–H and O–H groups in total. The summed E-state index contributed by atoms with van der Waals surface area (Å²) in [4.78, 5) is 16.1. The Balaban J connectivity index is 1.88. The highest BCUT2D eigenvalue weighted by Crippen LogP contribution is 2.28. The van der Waals surface area contributed by atoms with Gasteiger partial charge in [-0.15, -0.1) is 0 Å². The maximum Gasteiger partial charge on any atom is 0.228 e. The Morgan fingerprint density at radius 2 is 1.88 bits per heavy atom. The maximum absolute atomic E-state index is 9.30. The predicted octanol–water partition coefficient (Wildman–Crippen LogP) is 0.904. The van der Waals surface area contributed by atoms with Crippen molar-refractivity contribution >= 4 is 22.8 Å². The average Bonchev–Trinajstić information content (AvgIpc) is 3.06. The van der Waals surface area contributed by atoms with Crippen LogP contribution >= 0.6 is 0 Å². The first-order chi connectivity index (χ1) is 12.3. The molecule has 0 unspecified atom stereocenters. The van der Waals surface area contributed by atoms with Crippen molar-refractivity contribution < 1.29 is 9.84 Å². The van der Waals surface area contributed by atoms with E-state index < -0.39 is 0 Å². The second-order valence-electron chi connectivity index (χ2n) is 5.93. The third kappa shape index (κ3) is 3.01. The van der Waals surface area contributed by atoms with Crippen molar-refractivity contribution in [3.05, 3.63) is 30.6 Å². The first kappa shape index (κ1) is 15.8. The summed E-state index contributed by atoms with van der Waals surface area (Å²) in [5, 5.41) is 9.30. The number of benzene rings is 1. The van der Waals surface area contributed by atoms with E-state index in [0.29, 0.717) is 31.4 Å². The number of aliphatic hydroxyl groups is 1. The minimum Gasteiger partial charge on any atom is -0.399 e. The number of nitrogen functional groups attached to an aromatic ring is 1. The molecule has 1 saturated heterocycles.